The van der Waals surface area contributed by atoms with Gasteiger partial charge >= 0.3 is 0 Å². The summed E-state index contributed by atoms with van der Waals surface area (Å²) in [6.07, 6.45) is -0.364. The van der Waals surface area contributed by atoms with Crippen molar-refractivity contribution in [3.8, 4) is 5.75 Å². The van der Waals surface area contributed by atoms with E-state index in [0.717, 1.165) is 5.75 Å². The van der Waals surface area contributed by atoms with Gasteiger partial charge in [0.2, 0.25) is 11.7 Å². The van der Waals surface area contributed by atoms with Crippen molar-refractivity contribution in [2.45, 2.75) is 25.9 Å². The number of methoxy groups -OCH3 is 1. The molecule has 2 aromatic rings. The van der Waals surface area contributed by atoms with E-state index in [4.69, 9.17) is 14.0 Å². The third-order valence-corrected chi connectivity index (χ3v) is 3.93. The summed E-state index contributed by atoms with van der Waals surface area (Å²) >= 11 is 0. The molecule has 1 atom stereocenters. The molecule has 0 spiro atoms. The van der Waals surface area contributed by atoms with E-state index in [9.17, 15) is 4.79 Å². The Kier molecular flexibility index (Phi) is 4.80. The van der Waals surface area contributed by atoms with E-state index < -0.39 is 0 Å². The fraction of sp³-hybridized carbons (Fsp3) is 0.471. The highest BCUT2D eigenvalue weighted by molar-refractivity contribution is 5.94. The SMILES string of the molecule is COc1ccc(C(=O)N2CCO[C@@H](c3noc(C(C)C)n3)C2)cc1. The van der Waals surface area contributed by atoms with Crippen molar-refractivity contribution >= 4 is 5.91 Å². The van der Waals surface area contributed by atoms with Crippen LogP contribution in [0.2, 0.25) is 0 Å². The summed E-state index contributed by atoms with van der Waals surface area (Å²) in [6.45, 7) is 5.35. The highest BCUT2D eigenvalue weighted by Crippen LogP contribution is 2.23. The van der Waals surface area contributed by atoms with Crippen molar-refractivity contribution in [2.24, 2.45) is 0 Å². The molecule has 1 fully saturated rings. The number of hydrogen-bond acceptors (Lipinski definition) is 6. The summed E-state index contributed by atoms with van der Waals surface area (Å²) in [7, 11) is 1.60. The van der Waals surface area contributed by atoms with Crippen LogP contribution < -0.4 is 4.74 Å². The summed E-state index contributed by atoms with van der Waals surface area (Å²) in [6, 6.07) is 7.08. The van der Waals surface area contributed by atoms with Crippen LogP contribution in [0.15, 0.2) is 28.8 Å². The predicted molar refractivity (Wildman–Crippen MR) is 86.0 cm³/mol. The van der Waals surface area contributed by atoms with Crippen LogP contribution in [0.1, 0.15) is 47.9 Å². The molecule has 0 N–H and O–H groups in total. The van der Waals surface area contributed by atoms with Gasteiger partial charge in [-0.15, -0.1) is 0 Å². The van der Waals surface area contributed by atoms with Gasteiger partial charge in [0.15, 0.2) is 0 Å². The average Bonchev–Trinajstić information content (AvgIpc) is 3.12. The first-order chi connectivity index (χ1) is 11.6. The maximum Gasteiger partial charge on any atom is 0.254 e. The Morgan fingerprint density at radius 3 is 2.71 bits per heavy atom. The fourth-order valence-corrected chi connectivity index (χ4v) is 2.52. The third kappa shape index (κ3) is 3.41. The topological polar surface area (TPSA) is 77.7 Å². The lowest BCUT2D eigenvalue weighted by Crippen LogP contribution is -2.42. The molecule has 0 aliphatic carbocycles. The van der Waals surface area contributed by atoms with Crippen LogP contribution in [0.5, 0.6) is 5.75 Å². The maximum absolute atomic E-state index is 12.7. The van der Waals surface area contributed by atoms with Crippen LogP contribution in [-0.2, 0) is 4.74 Å². The molecule has 7 heteroatoms. The molecule has 3 rings (SSSR count). The van der Waals surface area contributed by atoms with Crippen LogP contribution in [0, 0.1) is 0 Å². The van der Waals surface area contributed by atoms with Crippen molar-refractivity contribution < 1.29 is 18.8 Å². The second-order valence-corrected chi connectivity index (χ2v) is 5.98. The van der Waals surface area contributed by atoms with Gasteiger partial charge in [-0.2, -0.15) is 4.98 Å². The minimum atomic E-state index is -0.364. The Labute approximate surface area is 140 Å². The Morgan fingerprint density at radius 1 is 1.33 bits per heavy atom. The maximum atomic E-state index is 12.7. The smallest absolute Gasteiger partial charge is 0.254 e. The molecule has 1 aliphatic rings. The van der Waals surface area contributed by atoms with Gasteiger partial charge in [0.1, 0.15) is 11.9 Å². The largest absolute Gasteiger partial charge is 0.497 e. The van der Waals surface area contributed by atoms with Crippen molar-refractivity contribution in [3.63, 3.8) is 0 Å². The Hall–Kier alpha value is -2.41. The standard InChI is InChI=1S/C17H21N3O4/c1-11(2)16-18-15(19-24-16)14-10-20(8-9-23-14)17(21)12-4-6-13(22-3)7-5-12/h4-7,11,14H,8-10H2,1-3H3/t14-/m1/s1. The molecule has 7 nitrogen and oxygen atoms in total. The monoisotopic (exact) mass is 331 g/mol. The number of nitrogens with zero attached hydrogens (tertiary/aromatic N) is 3. The summed E-state index contributed by atoms with van der Waals surface area (Å²) in [5.41, 5.74) is 0.618. The molecule has 1 aromatic carbocycles. The van der Waals surface area contributed by atoms with Crippen LogP contribution >= 0.6 is 0 Å². The molecule has 0 radical (unpaired) electrons. The van der Waals surface area contributed by atoms with E-state index in [-0.39, 0.29) is 17.9 Å². The van der Waals surface area contributed by atoms with Gasteiger partial charge in [-0.1, -0.05) is 19.0 Å². The molecule has 1 amide bonds. The Bertz CT molecular complexity index is 696. The number of rotatable bonds is 4. The molecular weight excluding hydrogens is 310 g/mol. The van der Waals surface area contributed by atoms with Gasteiger partial charge in [0.05, 0.1) is 20.3 Å². The first kappa shape index (κ1) is 16.4. The lowest BCUT2D eigenvalue weighted by atomic mass is 10.1. The number of carbonyl (C=O) groups excluding carboxylic acids is 1. The van der Waals surface area contributed by atoms with Gasteiger partial charge in [-0.25, -0.2) is 0 Å². The number of carbonyl (C=O) groups is 1. The van der Waals surface area contributed by atoms with E-state index in [1.165, 1.54) is 0 Å². The molecule has 1 aromatic heterocycles. The highest BCUT2D eigenvalue weighted by atomic mass is 16.5. The Morgan fingerprint density at radius 2 is 2.08 bits per heavy atom. The van der Waals surface area contributed by atoms with Gasteiger partial charge in [0.25, 0.3) is 5.91 Å². The molecule has 0 bridgehead atoms. The van der Waals surface area contributed by atoms with E-state index in [2.05, 4.69) is 10.1 Å². The normalized spacial score (nSPS) is 18.0. The number of benzene rings is 1. The number of ether oxygens (including phenoxy) is 2. The zero-order valence-electron chi connectivity index (χ0n) is 14.1. The summed E-state index contributed by atoms with van der Waals surface area (Å²) in [4.78, 5) is 18.8. The average molecular weight is 331 g/mol. The molecule has 128 valence electrons. The molecular formula is C17H21N3O4. The van der Waals surface area contributed by atoms with Crippen molar-refractivity contribution in [2.75, 3.05) is 26.8 Å². The van der Waals surface area contributed by atoms with Crippen molar-refractivity contribution in [1.82, 2.24) is 15.0 Å². The second-order valence-electron chi connectivity index (χ2n) is 5.98. The first-order valence-corrected chi connectivity index (χ1v) is 7.97. The Balaban J connectivity index is 1.70. The van der Waals surface area contributed by atoms with E-state index in [1.54, 1.807) is 36.3 Å². The molecule has 2 heterocycles. The van der Waals surface area contributed by atoms with E-state index in [0.29, 0.717) is 37.0 Å². The fourth-order valence-electron chi connectivity index (χ4n) is 2.52. The van der Waals surface area contributed by atoms with E-state index in [1.807, 2.05) is 13.8 Å². The predicted octanol–water partition coefficient (Wildman–Crippen LogP) is 2.42. The minimum Gasteiger partial charge on any atom is -0.497 e. The van der Waals surface area contributed by atoms with Gasteiger partial charge in [0, 0.05) is 18.0 Å². The summed E-state index contributed by atoms with van der Waals surface area (Å²) < 4.78 is 16.1. The minimum absolute atomic E-state index is 0.0430. The number of aromatic nitrogens is 2. The number of morpholine rings is 1. The molecule has 0 unspecified atom stereocenters. The lowest BCUT2D eigenvalue weighted by molar-refractivity contribution is -0.0276. The molecule has 1 aliphatic heterocycles. The quantitative estimate of drug-likeness (QED) is 0.856. The summed E-state index contributed by atoms with van der Waals surface area (Å²) in [5.74, 6) is 1.91. The molecule has 24 heavy (non-hydrogen) atoms. The third-order valence-electron chi connectivity index (χ3n) is 3.93. The zero-order chi connectivity index (χ0) is 17.1. The van der Waals surface area contributed by atoms with Gasteiger partial charge < -0.3 is 18.9 Å². The van der Waals surface area contributed by atoms with Crippen molar-refractivity contribution in [1.29, 1.82) is 0 Å². The molecule has 0 saturated carbocycles. The molecule has 1 saturated heterocycles. The second kappa shape index (κ2) is 7.00. The van der Waals surface area contributed by atoms with Crippen LogP contribution in [-0.4, -0.2) is 47.8 Å². The van der Waals surface area contributed by atoms with E-state index >= 15 is 0 Å². The summed E-state index contributed by atoms with van der Waals surface area (Å²) in [5, 5.41) is 3.98. The van der Waals surface area contributed by atoms with Crippen LogP contribution in [0.4, 0.5) is 0 Å². The van der Waals surface area contributed by atoms with Gasteiger partial charge in [-0.05, 0) is 24.3 Å². The number of hydrogen-bond donors (Lipinski definition) is 0. The first-order valence-electron chi connectivity index (χ1n) is 7.97. The lowest BCUT2D eigenvalue weighted by Gasteiger charge is -2.31. The van der Waals surface area contributed by atoms with Gasteiger partial charge in [-0.3, -0.25) is 4.79 Å². The number of amides is 1. The van der Waals surface area contributed by atoms with Crippen LogP contribution in [0.25, 0.3) is 0 Å². The van der Waals surface area contributed by atoms with Crippen molar-refractivity contribution in [3.05, 3.63) is 41.5 Å². The van der Waals surface area contributed by atoms with Crippen LogP contribution in [0.3, 0.4) is 0 Å². The highest BCUT2D eigenvalue weighted by Gasteiger charge is 2.29. The zero-order valence-corrected chi connectivity index (χ0v) is 14.1.